The highest BCUT2D eigenvalue weighted by atomic mass is 19.1. The number of likely N-dealkylation sites (N-methyl/N-ethyl adjacent to an activating group) is 1. The second-order valence-corrected chi connectivity index (χ2v) is 7.17. The van der Waals surface area contributed by atoms with Gasteiger partial charge in [0.25, 0.3) is 0 Å². The standard InChI is InChI=1S/C19H29FN2O/c1-21(15-18-6-4-12-23-18)13-16-8-10-22(11-9-16)14-17-5-2-3-7-19(17)20/h2-3,5,7,16,18H,4,6,8-15H2,1H3/t18-/m1/s1. The van der Waals surface area contributed by atoms with Crippen LogP contribution in [0.3, 0.4) is 0 Å². The lowest BCUT2D eigenvalue weighted by atomic mass is 9.95. The molecule has 0 amide bonds. The minimum Gasteiger partial charge on any atom is -0.377 e. The van der Waals surface area contributed by atoms with E-state index in [2.05, 4.69) is 16.8 Å². The van der Waals surface area contributed by atoms with Crippen molar-refractivity contribution in [2.24, 2.45) is 5.92 Å². The maximum atomic E-state index is 13.7. The molecule has 3 rings (SSSR count). The van der Waals surface area contributed by atoms with Crippen LogP contribution in [0.5, 0.6) is 0 Å². The first-order chi connectivity index (χ1) is 11.2. The molecule has 0 aliphatic carbocycles. The van der Waals surface area contributed by atoms with Gasteiger partial charge in [0.15, 0.2) is 0 Å². The largest absolute Gasteiger partial charge is 0.377 e. The van der Waals surface area contributed by atoms with E-state index in [1.54, 1.807) is 12.1 Å². The average Bonchev–Trinajstić information content (AvgIpc) is 3.04. The topological polar surface area (TPSA) is 15.7 Å². The number of benzene rings is 1. The van der Waals surface area contributed by atoms with E-state index in [9.17, 15) is 4.39 Å². The van der Waals surface area contributed by atoms with Crippen LogP contribution in [0.25, 0.3) is 0 Å². The van der Waals surface area contributed by atoms with Crippen molar-refractivity contribution in [3.05, 3.63) is 35.6 Å². The van der Waals surface area contributed by atoms with E-state index in [0.717, 1.165) is 50.8 Å². The minimum absolute atomic E-state index is 0.0779. The van der Waals surface area contributed by atoms with Crippen LogP contribution in [-0.4, -0.2) is 55.7 Å². The Morgan fingerprint density at radius 2 is 1.96 bits per heavy atom. The minimum atomic E-state index is -0.0779. The van der Waals surface area contributed by atoms with Crippen molar-refractivity contribution in [1.29, 1.82) is 0 Å². The van der Waals surface area contributed by atoms with E-state index in [-0.39, 0.29) is 5.82 Å². The van der Waals surface area contributed by atoms with E-state index in [1.807, 2.05) is 12.1 Å². The van der Waals surface area contributed by atoms with Crippen LogP contribution in [0, 0.1) is 11.7 Å². The highest BCUT2D eigenvalue weighted by molar-refractivity contribution is 5.17. The number of rotatable bonds is 6. The Bertz CT molecular complexity index is 482. The van der Waals surface area contributed by atoms with Gasteiger partial charge in [-0.3, -0.25) is 4.90 Å². The average molecular weight is 320 g/mol. The van der Waals surface area contributed by atoms with Gasteiger partial charge in [0, 0.05) is 31.8 Å². The fourth-order valence-corrected chi connectivity index (χ4v) is 3.85. The first kappa shape index (κ1) is 16.9. The number of likely N-dealkylation sites (tertiary alicyclic amines) is 1. The molecule has 0 aromatic heterocycles. The summed E-state index contributed by atoms with van der Waals surface area (Å²) in [6.07, 6.45) is 5.30. The predicted molar refractivity (Wildman–Crippen MR) is 90.9 cm³/mol. The lowest BCUT2D eigenvalue weighted by molar-refractivity contribution is 0.0698. The SMILES string of the molecule is CN(CC1CCN(Cc2ccccc2F)CC1)C[C@H]1CCCO1. The number of hydrogen-bond donors (Lipinski definition) is 0. The van der Waals surface area contributed by atoms with Gasteiger partial charge in [-0.25, -0.2) is 4.39 Å². The molecule has 128 valence electrons. The predicted octanol–water partition coefficient (Wildman–Crippen LogP) is 3.15. The highest BCUT2D eigenvalue weighted by Gasteiger charge is 2.23. The van der Waals surface area contributed by atoms with E-state index < -0.39 is 0 Å². The summed E-state index contributed by atoms with van der Waals surface area (Å²) >= 11 is 0. The van der Waals surface area contributed by atoms with Crippen LogP contribution in [-0.2, 0) is 11.3 Å². The summed E-state index contributed by atoms with van der Waals surface area (Å²) in [5.74, 6) is 0.684. The molecule has 3 nitrogen and oxygen atoms in total. The van der Waals surface area contributed by atoms with Crippen molar-refractivity contribution in [1.82, 2.24) is 9.80 Å². The molecule has 1 aromatic rings. The van der Waals surface area contributed by atoms with E-state index >= 15 is 0 Å². The number of halogens is 1. The second-order valence-electron chi connectivity index (χ2n) is 7.17. The molecular weight excluding hydrogens is 291 g/mol. The normalized spacial score (nSPS) is 23.7. The number of piperidine rings is 1. The Morgan fingerprint density at radius 3 is 2.65 bits per heavy atom. The van der Waals surface area contributed by atoms with Crippen molar-refractivity contribution in [3.8, 4) is 0 Å². The van der Waals surface area contributed by atoms with Crippen LogP contribution in [0.15, 0.2) is 24.3 Å². The summed E-state index contributed by atoms with van der Waals surface area (Å²) in [5, 5.41) is 0. The first-order valence-electron chi connectivity index (χ1n) is 8.96. The molecule has 2 aliphatic heterocycles. The van der Waals surface area contributed by atoms with E-state index in [4.69, 9.17) is 4.74 Å². The van der Waals surface area contributed by atoms with Gasteiger partial charge in [-0.05, 0) is 57.8 Å². The third-order valence-electron chi connectivity index (χ3n) is 5.17. The fraction of sp³-hybridized carbons (Fsp3) is 0.684. The zero-order valence-corrected chi connectivity index (χ0v) is 14.2. The zero-order chi connectivity index (χ0) is 16.1. The van der Waals surface area contributed by atoms with Gasteiger partial charge < -0.3 is 9.64 Å². The summed E-state index contributed by atoms with van der Waals surface area (Å²) in [6.45, 7) is 6.06. The molecule has 2 saturated heterocycles. The molecule has 0 unspecified atom stereocenters. The van der Waals surface area contributed by atoms with Crippen molar-refractivity contribution < 1.29 is 9.13 Å². The van der Waals surface area contributed by atoms with Crippen LogP contribution in [0.2, 0.25) is 0 Å². The van der Waals surface area contributed by atoms with Crippen molar-refractivity contribution in [2.75, 3.05) is 39.8 Å². The Balaban J connectivity index is 1.39. The van der Waals surface area contributed by atoms with Gasteiger partial charge in [-0.2, -0.15) is 0 Å². The number of nitrogens with zero attached hydrogens (tertiary/aromatic N) is 2. The van der Waals surface area contributed by atoms with E-state index in [1.165, 1.54) is 25.7 Å². The maximum Gasteiger partial charge on any atom is 0.127 e. The molecule has 0 spiro atoms. The fourth-order valence-electron chi connectivity index (χ4n) is 3.85. The molecule has 1 aromatic carbocycles. The van der Waals surface area contributed by atoms with Gasteiger partial charge >= 0.3 is 0 Å². The Labute approximate surface area is 139 Å². The second kappa shape index (κ2) is 8.22. The lowest BCUT2D eigenvalue weighted by Crippen LogP contribution is -2.39. The molecule has 0 radical (unpaired) electrons. The van der Waals surface area contributed by atoms with Gasteiger partial charge in [0.2, 0.25) is 0 Å². The first-order valence-corrected chi connectivity index (χ1v) is 8.96. The Morgan fingerprint density at radius 1 is 1.17 bits per heavy atom. The van der Waals surface area contributed by atoms with Crippen molar-refractivity contribution in [2.45, 2.75) is 38.3 Å². The molecular formula is C19H29FN2O. The zero-order valence-electron chi connectivity index (χ0n) is 14.2. The van der Waals surface area contributed by atoms with Gasteiger partial charge in [0.05, 0.1) is 6.10 Å². The number of ether oxygens (including phenoxy) is 1. The Hall–Kier alpha value is -0.970. The van der Waals surface area contributed by atoms with E-state index in [0.29, 0.717) is 6.10 Å². The quantitative estimate of drug-likeness (QED) is 0.801. The molecule has 2 heterocycles. The lowest BCUT2D eigenvalue weighted by Gasteiger charge is -2.34. The molecule has 23 heavy (non-hydrogen) atoms. The highest BCUT2D eigenvalue weighted by Crippen LogP contribution is 2.21. The third-order valence-corrected chi connectivity index (χ3v) is 5.17. The molecule has 0 bridgehead atoms. The summed E-state index contributed by atoms with van der Waals surface area (Å²) in [4.78, 5) is 4.82. The van der Waals surface area contributed by atoms with Crippen molar-refractivity contribution in [3.63, 3.8) is 0 Å². The molecule has 0 saturated carbocycles. The summed E-state index contributed by atoms with van der Waals surface area (Å²) < 4.78 is 19.5. The monoisotopic (exact) mass is 320 g/mol. The third kappa shape index (κ3) is 5.00. The molecule has 1 atom stereocenters. The van der Waals surface area contributed by atoms with Gasteiger partial charge in [-0.1, -0.05) is 18.2 Å². The van der Waals surface area contributed by atoms with Crippen LogP contribution in [0.1, 0.15) is 31.2 Å². The van der Waals surface area contributed by atoms with Crippen LogP contribution >= 0.6 is 0 Å². The van der Waals surface area contributed by atoms with Crippen LogP contribution in [0.4, 0.5) is 4.39 Å². The summed E-state index contributed by atoms with van der Waals surface area (Å²) in [7, 11) is 2.22. The molecule has 2 fully saturated rings. The Kier molecular flexibility index (Phi) is 6.03. The summed E-state index contributed by atoms with van der Waals surface area (Å²) in [6, 6.07) is 7.14. The number of hydrogen-bond acceptors (Lipinski definition) is 3. The molecule has 4 heteroatoms. The van der Waals surface area contributed by atoms with Gasteiger partial charge in [0.1, 0.15) is 5.82 Å². The maximum absolute atomic E-state index is 13.7. The summed E-state index contributed by atoms with van der Waals surface area (Å²) in [5.41, 5.74) is 0.821. The molecule has 2 aliphatic rings. The van der Waals surface area contributed by atoms with Crippen molar-refractivity contribution >= 4 is 0 Å². The smallest absolute Gasteiger partial charge is 0.127 e. The van der Waals surface area contributed by atoms with Gasteiger partial charge in [-0.15, -0.1) is 0 Å². The van der Waals surface area contributed by atoms with Crippen LogP contribution < -0.4 is 0 Å². The molecule has 0 N–H and O–H groups in total.